The summed E-state index contributed by atoms with van der Waals surface area (Å²) in [6, 6.07) is -0.886. The zero-order valence-electron chi connectivity index (χ0n) is 30.7. The molecule has 0 aliphatic heterocycles. The van der Waals surface area contributed by atoms with Gasteiger partial charge in [0, 0.05) is 13.0 Å². The van der Waals surface area contributed by atoms with Crippen molar-refractivity contribution in [3.05, 3.63) is 48.6 Å². The smallest absolute Gasteiger partial charge is 0.387 e. The number of amides is 1. The maximum absolute atomic E-state index is 12.7. The molecule has 9 heteroatoms. The summed E-state index contributed by atoms with van der Waals surface area (Å²) in [5.74, 6) is -0.220. The molecule has 280 valence electrons. The van der Waals surface area contributed by atoms with Crippen molar-refractivity contribution in [3.8, 4) is 0 Å². The molecule has 3 unspecified atom stereocenters. The van der Waals surface area contributed by atoms with Crippen molar-refractivity contribution in [2.75, 3.05) is 19.8 Å². The number of unbranched alkanes of at least 4 members (excludes halogenated alkanes) is 17. The van der Waals surface area contributed by atoms with Gasteiger partial charge in [-0.2, -0.15) is 0 Å². The fraction of sp³-hybridized carbons (Fsp3) is 0.769. The molecule has 0 aromatic rings. The summed E-state index contributed by atoms with van der Waals surface area (Å²) in [5, 5.41) is 13.6. The van der Waals surface area contributed by atoms with Crippen molar-refractivity contribution < 1.29 is 28.4 Å². The summed E-state index contributed by atoms with van der Waals surface area (Å²) >= 11 is 0. The zero-order chi connectivity index (χ0) is 35.4. The number of aliphatic hydroxyl groups is 1. The summed E-state index contributed by atoms with van der Waals surface area (Å²) in [7, 11) is -4.35. The van der Waals surface area contributed by atoms with Crippen LogP contribution in [0.3, 0.4) is 0 Å². The Morgan fingerprint density at radius 3 is 1.62 bits per heavy atom. The average Bonchev–Trinajstić information content (AvgIpc) is 3.07. The van der Waals surface area contributed by atoms with E-state index in [9.17, 15) is 19.4 Å². The molecule has 0 aromatic heterocycles. The third-order valence-electron chi connectivity index (χ3n) is 8.10. The van der Waals surface area contributed by atoms with Crippen molar-refractivity contribution in [3.63, 3.8) is 0 Å². The SMILES string of the molecule is CCCCCC/C=C/CC/C=C/CC/C=C/C(O)C(COP(=O)(O)OCCN)NC(=O)CCCCCCC/C=C\CCCCCCCC. The predicted molar refractivity (Wildman–Crippen MR) is 203 cm³/mol. The molecular weight excluding hydrogens is 623 g/mol. The van der Waals surface area contributed by atoms with Gasteiger partial charge in [0.15, 0.2) is 0 Å². The summed E-state index contributed by atoms with van der Waals surface area (Å²) in [6.07, 6.45) is 41.5. The van der Waals surface area contributed by atoms with Crippen LogP contribution in [0.1, 0.15) is 162 Å². The van der Waals surface area contributed by atoms with Crippen LogP contribution in [0.5, 0.6) is 0 Å². The molecule has 0 aromatic carbocycles. The van der Waals surface area contributed by atoms with E-state index in [0.29, 0.717) is 6.42 Å². The number of allylic oxidation sites excluding steroid dienone is 7. The third kappa shape index (κ3) is 33.0. The monoisotopic (exact) mass is 697 g/mol. The number of carbonyl (C=O) groups is 1. The second-order valence-corrected chi connectivity index (χ2v) is 14.2. The van der Waals surface area contributed by atoms with Crippen LogP contribution in [0, 0.1) is 0 Å². The summed E-state index contributed by atoms with van der Waals surface area (Å²) in [4.78, 5) is 22.6. The van der Waals surface area contributed by atoms with Gasteiger partial charge in [-0.15, -0.1) is 0 Å². The van der Waals surface area contributed by atoms with Crippen LogP contribution in [0.25, 0.3) is 0 Å². The maximum Gasteiger partial charge on any atom is 0.472 e. The van der Waals surface area contributed by atoms with Gasteiger partial charge in [0.1, 0.15) is 0 Å². The Kier molecular flexibility index (Phi) is 34.2. The van der Waals surface area contributed by atoms with E-state index in [0.717, 1.165) is 70.6 Å². The van der Waals surface area contributed by atoms with Crippen molar-refractivity contribution in [2.24, 2.45) is 5.73 Å². The Morgan fingerprint density at radius 2 is 1.10 bits per heavy atom. The first kappa shape index (κ1) is 46.5. The second kappa shape index (κ2) is 35.3. The van der Waals surface area contributed by atoms with E-state index in [1.165, 1.54) is 70.6 Å². The van der Waals surface area contributed by atoms with Gasteiger partial charge in [0.25, 0.3) is 0 Å². The number of hydrogen-bond donors (Lipinski definition) is 4. The molecule has 0 fully saturated rings. The van der Waals surface area contributed by atoms with Crippen LogP contribution >= 0.6 is 7.82 Å². The first-order valence-corrected chi connectivity index (χ1v) is 20.8. The van der Waals surface area contributed by atoms with Gasteiger partial charge in [-0.1, -0.05) is 133 Å². The molecule has 0 aliphatic carbocycles. The number of phosphoric acid groups is 1. The van der Waals surface area contributed by atoms with Crippen LogP contribution in [-0.4, -0.2) is 47.8 Å². The van der Waals surface area contributed by atoms with Gasteiger partial charge >= 0.3 is 7.82 Å². The normalized spacial score (nSPS) is 14.9. The molecule has 0 aliphatic rings. The van der Waals surface area contributed by atoms with E-state index in [1.54, 1.807) is 6.08 Å². The molecule has 0 bridgehead atoms. The van der Waals surface area contributed by atoms with E-state index in [-0.39, 0.29) is 25.7 Å². The minimum absolute atomic E-state index is 0.0691. The molecule has 0 radical (unpaired) electrons. The summed E-state index contributed by atoms with van der Waals surface area (Å²) in [6.45, 7) is 4.05. The lowest BCUT2D eigenvalue weighted by molar-refractivity contribution is -0.123. The highest BCUT2D eigenvalue weighted by atomic mass is 31.2. The van der Waals surface area contributed by atoms with E-state index >= 15 is 0 Å². The average molecular weight is 697 g/mol. The highest BCUT2D eigenvalue weighted by molar-refractivity contribution is 7.47. The van der Waals surface area contributed by atoms with Crippen LogP contribution < -0.4 is 11.1 Å². The standard InChI is InChI=1S/C39H73N2O6P/c1-3-5-7-9-11-13-15-17-19-21-23-25-27-29-31-33-39(43)41-37(36-47-48(44,45)46-35-34-40)38(42)32-30-28-26-24-22-20-18-16-14-12-10-8-6-4-2/h14,16-17,19,22,24,30,32,37-38,42H,3-13,15,18,20-21,23,25-29,31,33-36,40H2,1-2H3,(H,41,43)(H,44,45)/b16-14+,19-17-,24-22+,32-30+. The number of hydrogen-bond acceptors (Lipinski definition) is 6. The van der Waals surface area contributed by atoms with E-state index in [2.05, 4.69) is 55.6 Å². The number of nitrogens with one attached hydrogen (secondary N) is 1. The van der Waals surface area contributed by atoms with Gasteiger partial charge < -0.3 is 21.1 Å². The van der Waals surface area contributed by atoms with E-state index in [4.69, 9.17) is 14.8 Å². The number of aliphatic hydroxyl groups excluding tert-OH is 1. The van der Waals surface area contributed by atoms with Crippen molar-refractivity contribution in [1.29, 1.82) is 0 Å². The molecule has 0 heterocycles. The van der Waals surface area contributed by atoms with Crippen LogP contribution in [0.4, 0.5) is 0 Å². The largest absolute Gasteiger partial charge is 0.472 e. The van der Waals surface area contributed by atoms with Crippen molar-refractivity contribution in [2.45, 2.75) is 174 Å². The number of carbonyl (C=O) groups excluding carboxylic acids is 1. The molecule has 5 N–H and O–H groups in total. The fourth-order valence-electron chi connectivity index (χ4n) is 5.16. The van der Waals surface area contributed by atoms with Crippen molar-refractivity contribution >= 4 is 13.7 Å². The van der Waals surface area contributed by atoms with Gasteiger partial charge in [-0.05, 0) is 70.6 Å². The van der Waals surface area contributed by atoms with Crippen molar-refractivity contribution in [1.82, 2.24) is 5.32 Å². The van der Waals surface area contributed by atoms with Crippen LogP contribution in [-0.2, 0) is 18.4 Å². The first-order valence-electron chi connectivity index (χ1n) is 19.3. The Labute approximate surface area is 294 Å². The molecule has 0 saturated carbocycles. The Bertz CT molecular complexity index is 892. The Morgan fingerprint density at radius 1 is 0.667 bits per heavy atom. The van der Waals surface area contributed by atoms with Crippen LogP contribution in [0.15, 0.2) is 48.6 Å². The first-order chi connectivity index (χ1) is 23.4. The van der Waals surface area contributed by atoms with Gasteiger partial charge in [0.2, 0.25) is 5.91 Å². The number of rotatable bonds is 35. The molecule has 48 heavy (non-hydrogen) atoms. The molecular formula is C39H73N2O6P. The molecule has 8 nitrogen and oxygen atoms in total. The molecule has 0 rings (SSSR count). The maximum atomic E-state index is 12.7. The highest BCUT2D eigenvalue weighted by Crippen LogP contribution is 2.43. The zero-order valence-corrected chi connectivity index (χ0v) is 31.6. The van der Waals surface area contributed by atoms with Crippen LogP contribution in [0.2, 0.25) is 0 Å². The lowest BCUT2D eigenvalue weighted by atomic mass is 10.1. The third-order valence-corrected chi connectivity index (χ3v) is 9.09. The van der Waals surface area contributed by atoms with E-state index in [1.807, 2.05) is 6.08 Å². The molecule has 1 amide bonds. The Hall–Kier alpha value is -1.54. The van der Waals surface area contributed by atoms with E-state index < -0.39 is 20.0 Å². The highest BCUT2D eigenvalue weighted by Gasteiger charge is 2.26. The van der Waals surface area contributed by atoms with Gasteiger partial charge in [0.05, 0.1) is 25.4 Å². The predicted octanol–water partition coefficient (Wildman–Crippen LogP) is 10.2. The molecule has 3 atom stereocenters. The topological polar surface area (TPSA) is 131 Å². The minimum atomic E-state index is -4.35. The lowest BCUT2D eigenvalue weighted by Gasteiger charge is -2.23. The quantitative estimate of drug-likeness (QED) is 0.0295. The summed E-state index contributed by atoms with van der Waals surface area (Å²) in [5.41, 5.74) is 5.35. The van der Waals surface area contributed by atoms with Gasteiger partial charge in [-0.25, -0.2) is 4.57 Å². The summed E-state index contributed by atoms with van der Waals surface area (Å²) < 4.78 is 22.0. The lowest BCUT2D eigenvalue weighted by Crippen LogP contribution is -2.45. The number of phosphoric ester groups is 1. The molecule has 0 spiro atoms. The number of nitrogens with two attached hydrogens (primary N) is 1. The molecule has 0 saturated heterocycles. The minimum Gasteiger partial charge on any atom is -0.387 e. The fourth-order valence-corrected chi connectivity index (χ4v) is 5.92. The van der Waals surface area contributed by atoms with Gasteiger partial charge in [-0.3, -0.25) is 13.8 Å². The second-order valence-electron chi connectivity index (χ2n) is 12.8. The Balaban J connectivity index is 4.41.